The molecule has 0 aromatic carbocycles. The van der Waals surface area contributed by atoms with Crippen LogP contribution < -0.4 is 0 Å². The summed E-state index contributed by atoms with van der Waals surface area (Å²) in [7, 11) is 0. The van der Waals surface area contributed by atoms with Gasteiger partial charge in [0.25, 0.3) is 0 Å². The van der Waals surface area contributed by atoms with E-state index in [1.165, 1.54) is 44.9 Å². The van der Waals surface area contributed by atoms with Crippen LogP contribution >= 0.6 is 0 Å². The van der Waals surface area contributed by atoms with Gasteiger partial charge in [-0.3, -0.25) is 0 Å². The van der Waals surface area contributed by atoms with Gasteiger partial charge in [-0.2, -0.15) is 0 Å². The van der Waals surface area contributed by atoms with Crippen molar-refractivity contribution in [3.05, 3.63) is 0 Å². The van der Waals surface area contributed by atoms with Gasteiger partial charge in [0.2, 0.25) is 0 Å². The predicted octanol–water partition coefficient (Wildman–Crippen LogP) is 7.08. The van der Waals surface area contributed by atoms with E-state index < -0.39 is 0 Å². The van der Waals surface area contributed by atoms with Gasteiger partial charge >= 0.3 is 0 Å². The zero-order valence-corrected chi connectivity index (χ0v) is 15.1. The molecule has 0 nitrogen and oxygen atoms in total. The predicted molar refractivity (Wildman–Crippen MR) is 89.6 cm³/mol. The molecule has 0 amide bonds. The summed E-state index contributed by atoms with van der Waals surface area (Å²) < 4.78 is 0. The smallest absolute Gasteiger partial charge is 0.0326 e. The lowest BCUT2D eigenvalue weighted by Crippen LogP contribution is -2.27. The SMILES string of the molecule is CCCCCC(C)C(C)C(C)(C)CCCC(C)(C)C. The zero-order valence-electron chi connectivity index (χ0n) is 15.1. The van der Waals surface area contributed by atoms with Crippen LogP contribution in [0.4, 0.5) is 0 Å². The fraction of sp³-hybridized carbons (Fsp3) is 1.00. The van der Waals surface area contributed by atoms with Crippen molar-refractivity contribution in [2.24, 2.45) is 22.7 Å². The van der Waals surface area contributed by atoms with Crippen molar-refractivity contribution in [2.45, 2.75) is 100 Å². The first-order chi connectivity index (χ1) is 8.60. The van der Waals surface area contributed by atoms with Gasteiger partial charge in [0.1, 0.15) is 0 Å². The van der Waals surface area contributed by atoms with Crippen LogP contribution in [-0.4, -0.2) is 0 Å². The highest BCUT2D eigenvalue weighted by atomic mass is 14.3. The van der Waals surface area contributed by atoms with Crippen molar-refractivity contribution >= 4 is 0 Å². The summed E-state index contributed by atoms with van der Waals surface area (Å²) in [5.41, 5.74) is 0.989. The van der Waals surface area contributed by atoms with E-state index in [0.29, 0.717) is 10.8 Å². The second-order valence-corrected chi connectivity index (χ2v) is 8.66. The fourth-order valence-electron chi connectivity index (χ4n) is 3.04. The third-order valence-electron chi connectivity index (χ3n) is 5.10. The second kappa shape index (κ2) is 8.32. The van der Waals surface area contributed by atoms with Gasteiger partial charge in [-0.05, 0) is 35.5 Å². The summed E-state index contributed by atoms with van der Waals surface area (Å²) in [6.07, 6.45) is 9.69. The largest absolute Gasteiger partial charge is 0.0654 e. The summed E-state index contributed by atoms with van der Waals surface area (Å²) in [6, 6.07) is 0. The van der Waals surface area contributed by atoms with Crippen LogP contribution in [0.15, 0.2) is 0 Å². The van der Waals surface area contributed by atoms with Gasteiger partial charge in [-0.25, -0.2) is 0 Å². The van der Waals surface area contributed by atoms with Crippen molar-refractivity contribution in [3.63, 3.8) is 0 Å². The molecule has 0 N–H and O–H groups in total. The molecule has 2 atom stereocenters. The maximum atomic E-state index is 2.48. The highest BCUT2D eigenvalue weighted by molar-refractivity contribution is 4.80. The molecule has 0 rings (SSSR count). The standard InChI is InChI=1S/C19H40/c1-9-10-11-13-16(2)17(3)19(7,8)15-12-14-18(4,5)6/h16-17H,9-15H2,1-8H3. The Balaban J connectivity index is 4.14. The molecular weight excluding hydrogens is 228 g/mol. The van der Waals surface area contributed by atoms with Crippen molar-refractivity contribution in [1.29, 1.82) is 0 Å². The minimum Gasteiger partial charge on any atom is -0.0654 e. The van der Waals surface area contributed by atoms with E-state index in [9.17, 15) is 0 Å². The highest BCUT2D eigenvalue weighted by Crippen LogP contribution is 2.39. The molecule has 0 radical (unpaired) electrons. The second-order valence-electron chi connectivity index (χ2n) is 8.66. The van der Waals surface area contributed by atoms with E-state index in [1.54, 1.807) is 0 Å². The van der Waals surface area contributed by atoms with Gasteiger partial charge in [-0.15, -0.1) is 0 Å². The molecule has 0 aromatic rings. The van der Waals surface area contributed by atoms with Crippen LogP contribution in [0.5, 0.6) is 0 Å². The van der Waals surface area contributed by atoms with Crippen LogP contribution in [-0.2, 0) is 0 Å². The third kappa shape index (κ3) is 8.71. The van der Waals surface area contributed by atoms with E-state index in [-0.39, 0.29) is 0 Å². The Labute approximate surface area is 123 Å². The van der Waals surface area contributed by atoms with Crippen molar-refractivity contribution in [3.8, 4) is 0 Å². The Morgan fingerprint density at radius 3 is 1.84 bits per heavy atom. The lowest BCUT2D eigenvalue weighted by molar-refractivity contribution is 0.135. The average molecular weight is 269 g/mol. The van der Waals surface area contributed by atoms with Crippen molar-refractivity contribution in [2.75, 3.05) is 0 Å². The molecule has 116 valence electrons. The van der Waals surface area contributed by atoms with Crippen molar-refractivity contribution in [1.82, 2.24) is 0 Å². The van der Waals surface area contributed by atoms with Gasteiger partial charge in [0.05, 0.1) is 0 Å². The molecule has 0 fully saturated rings. The minimum absolute atomic E-state index is 0.492. The van der Waals surface area contributed by atoms with E-state index in [4.69, 9.17) is 0 Å². The highest BCUT2D eigenvalue weighted by Gasteiger charge is 2.29. The molecule has 19 heavy (non-hydrogen) atoms. The first-order valence-electron chi connectivity index (χ1n) is 8.60. The summed E-state index contributed by atoms with van der Waals surface area (Å²) in [5.74, 6) is 1.71. The monoisotopic (exact) mass is 268 g/mol. The molecule has 0 spiro atoms. The lowest BCUT2D eigenvalue weighted by atomic mass is 9.69. The minimum atomic E-state index is 0.492. The Morgan fingerprint density at radius 2 is 1.37 bits per heavy atom. The molecule has 2 unspecified atom stereocenters. The molecule has 0 saturated carbocycles. The van der Waals surface area contributed by atoms with Gasteiger partial charge < -0.3 is 0 Å². The molecule has 0 heteroatoms. The molecule has 0 aliphatic heterocycles. The van der Waals surface area contributed by atoms with Crippen LogP contribution in [0.1, 0.15) is 100 Å². The molecular formula is C19H40. The first kappa shape index (κ1) is 19.0. The Kier molecular flexibility index (Phi) is 8.32. The van der Waals surface area contributed by atoms with Gasteiger partial charge in [-0.1, -0.05) is 87.5 Å². The molecule has 0 saturated heterocycles. The lowest BCUT2D eigenvalue weighted by Gasteiger charge is -2.37. The first-order valence-corrected chi connectivity index (χ1v) is 8.60. The van der Waals surface area contributed by atoms with Crippen molar-refractivity contribution < 1.29 is 0 Å². The fourth-order valence-corrected chi connectivity index (χ4v) is 3.04. The summed E-state index contributed by atoms with van der Waals surface area (Å²) in [6.45, 7) is 19.3. The van der Waals surface area contributed by atoms with E-state index in [2.05, 4.69) is 55.4 Å². The maximum absolute atomic E-state index is 2.48. The Bertz CT molecular complexity index is 219. The molecule has 0 aromatic heterocycles. The van der Waals surface area contributed by atoms with E-state index in [1.807, 2.05) is 0 Å². The van der Waals surface area contributed by atoms with Crippen LogP contribution in [0.2, 0.25) is 0 Å². The topological polar surface area (TPSA) is 0 Å². The summed E-state index contributed by atoms with van der Waals surface area (Å²) in [5, 5.41) is 0. The van der Waals surface area contributed by atoms with E-state index in [0.717, 1.165) is 11.8 Å². The summed E-state index contributed by atoms with van der Waals surface area (Å²) >= 11 is 0. The number of rotatable bonds is 9. The number of hydrogen-bond acceptors (Lipinski definition) is 0. The van der Waals surface area contributed by atoms with Gasteiger partial charge in [0, 0.05) is 0 Å². The number of hydrogen-bond donors (Lipinski definition) is 0. The van der Waals surface area contributed by atoms with Crippen LogP contribution in [0.3, 0.4) is 0 Å². The third-order valence-corrected chi connectivity index (χ3v) is 5.10. The van der Waals surface area contributed by atoms with E-state index >= 15 is 0 Å². The summed E-state index contributed by atoms with van der Waals surface area (Å²) in [4.78, 5) is 0. The van der Waals surface area contributed by atoms with Crippen LogP contribution in [0, 0.1) is 22.7 Å². The Hall–Kier alpha value is 0. The normalized spacial score (nSPS) is 16.4. The number of unbranched alkanes of at least 4 members (excludes halogenated alkanes) is 2. The van der Waals surface area contributed by atoms with Crippen LogP contribution in [0.25, 0.3) is 0 Å². The zero-order chi connectivity index (χ0) is 15.1. The maximum Gasteiger partial charge on any atom is -0.0326 e. The quantitative estimate of drug-likeness (QED) is 0.392. The Morgan fingerprint density at radius 1 is 0.789 bits per heavy atom. The molecule has 0 aliphatic carbocycles. The molecule has 0 bridgehead atoms. The molecule has 0 heterocycles. The van der Waals surface area contributed by atoms with Gasteiger partial charge in [0.15, 0.2) is 0 Å². The molecule has 0 aliphatic rings. The average Bonchev–Trinajstić information content (AvgIpc) is 2.26.